The van der Waals surface area contributed by atoms with Crippen LogP contribution in [0.4, 0.5) is 0 Å². The number of carbonyl (C=O) groups excluding carboxylic acids is 3. The van der Waals surface area contributed by atoms with Crippen LogP contribution in [0.2, 0.25) is 0 Å². The van der Waals surface area contributed by atoms with E-state index in [2.05, 4.69) is 59.9 Å². The zero-order valence-corrected chi connectivity index (χ0v) is 26.3. The molecule has 10 atom stereocenters. The Labute approximate surface area is 242 Å². The Morgan fingerprint density at radius 3 is 2.30 bits per heavy atom. The molecule has 2 amide bonds. The fourth-order valence-corrected chi connectivity index (χ4v) is 11.6. The van der Waals surface area contributed by atoms with E-state index in [0.29, 0.717) is 23.7 Å². The molecular weight excluding hydrogens is 500 g/mol. The number of allylic oxidation sites excluding steroid dienone is 2. The molecule has 4 saturated carbocycles. The molecule has 0 spiro atoms. The molecule has 0 unspecified atom stereocenters. The van der Waals surface area contributed by atoms with E-state index in [4.69, 9.17) is 10.5 Å². The van der Waals surface area contributed by atoms with Gasteiger partial charge >= 0.3 is 5.97 Å². The Morgan fingerprint density at radius 1 is 0.950 bits per heavy atom. The maximum atomic E-state index is 13.9. The Hall–Kier alpha value is -1.85. The van der Waals surface area contributed by atoms with Crippen LogP contribution in [0.3, 0.4) is 0 Å². The van der Waals surface area contributed by atoms with Gasteiger partial charge in [-0.3, -0.25) is 14.4 Å². The zero-order valence-electron chi connectivity index (χ0n) is 26.3. The van der Waals surface area contributed by atoms with Gasteiger partial charge in [-0.25, -0.2) is 0 Å². The molecule has 0 saturated heterocycles. The highest BCUT2D eigenvalue weighted by Crippen LogP contribution is 2.75. The van der Waals surface area contributed by atoms with Crippen molar-refractivity contribution in [2.75, 3.05) is 6.54 Å². The first-order valence-corrected chi connectivity index (χ1v) is 16.0. The summed E-state index contributed by atoms with van der Waals surface area (Å²) in [5.41, 5.74) is 6.80. The summed E-state index contributed by atoms with van der Waals surface area (Å²) in [6, 6.07) is 0. The highest BCUT2D eigenvalue weighted by Gasteiger charge is 2.69. The predicted molar refractivity (Wildman–Crippen MR) is 157 cm³/mol. The van der Waals surface area contributed by atoms with E-state index in [0.717, 1.165) is 51.4 Å². The molecule has 5 rings (SSSR count). The second-order valence-corrected chi connectivity index (χ2v) is 15.9. The first-order chi connectivity index (χ1) is 18.5. The zero-order chi connectivity index (χ0) is 29.5. The first kappa shape index (κ1) is 29.6. The number of hydrogen-bond acceptors (Lipinski definition) is 4. The molecule has 3 N–H and O–H groups in total. The normalized spacial score (nSPS) is 47.4. The highest BCUT2D eigenvalue weighted by atomic mass is 16.5. The van der Waals surface area contributed by atoms with Crippen LogP contribution in [0.5, 0.6) is 0 Å². The fraction of sp³-hybridized carbons (Fsp3) is 0.853. The molecule has 0 aromatic rings. The van der Waals surface area contributed by atoms with Gasteiger partial charge in [0.25, 0.3) is 0 Å². The number of hydrogen-bond donors (Lipinski definition) is 2. The molecule has 224 valence electrons. The summed E-state index contributed by atoms with van der Waals surface area (Å²) in [5, 5.41) is 2.94. The average molecular weight is 555 g/mol. The van der Waals surface area contributed by atoms with Gasteiger partial charge in [-0.2, -0.15) is 0 Å². The molecule has 4 fully saturated rings. The van der Waals surface area contributed by atoms with Crippen molar-refractivity contribution in [1.82, 2.24) is 5.32 Å². The summed E-state index contributed by atoms with van der Waals surface area (Å²) in [4.78, 5) is 37.4. The summed E-state index contributed by atoms with van der Waals surface area (Å²) in [6.07, 6.45) is 11.8. The van der Waals surface area contributed by atoms with Gasteiger partial charge in [0.15, 0.2) is 0 Å². The number of amides is 2. The smallest absolute Gasteiger partial charge is 0.302 e. The van der Waals surface area contributed by atoms with Crippen LogP contribution in [-0.4, -0.2) is 30.4 Å². The number of primary amides is 1. The number of fused-ring (bicyclic) bond motifs is 7. The quantitative estimate of drug-likeness (QED) is 0.320. The highest BCUT2D eigenvalue weighted by molar-refractivity contribution is 5.88. The van der Waals surface area contributed by atoms with Crippen LogP contribution in [0.15, 0.2) is 11.6 Å². The van der Waals surface area contributed by atoms with Gasteiger partial charge in [-0.1, -0.05) is 60.1 Å². The molecule has 5 aliphatic carbocycles. The van der Waals surface area contributed by atoms with Crippen molar-refractivity contribution in [3.8, 4) is 0 Å². The van der Waals surface area contributed by atoms with Crippen LogP contribution >= 0.6 is 0 Å². The topological polar surface area (TPSA) is 98.5 Å². The Bertz CT molecular complexity index is 1110. The largest absolute Gasteiger partial charge is 0.462 e. The Balaban J connectivity index is 1.54. The second kappa shape index (κ2) is 9.59. The van der Waals surface area contributed by atoms with E-state index in [-0.39, 0.29) is 52.1 Å². The molecule has 0 bridgehead atoms. The third-order valence-electron chi connectivity index (χ3n) is 14.1. The van der Waals surface area contributed by atoms with Crippen LogP contribution in [0.25, 0.3) is 0 Å². The van der Waals surface area contributed by atoms with Crippen molar-refractivity contribution in [3.63, 3.8) is 0 Å². The Morgan fingerprint density at radius 2 is 1.65 bits per heavy atom. The monoisotopic (exact) mass is 554 g/mol. The summed E-state index contributed by atoms with van der Waals surface area (Å²) in [6.45, 7) is 18.5. The standard InChI is InChI=1S/C34H54N2O4/c1-20-11-16-34(29(39)36-19-27(35)38)18-17-32(7)23(28(34)21(20)2)9-10-25-31(6)14-13-26(40-22(3)37)30(4,5)24(31)12-15-33(25,32)8/h9,20-21,24-26,28H,10-19H2,1-8H3,(H2,35,38)(H,36,39)/t20-,21+,24+,25-,26+,28+,31+,32-,33-,34+/m1/s1. The molecule has 0 heterocycles. The van der Waals surface area contributed by atoms with Crippen molar-refractivity contribution in [3.05, 3.63) is 11.6 Å². The van der Waals surface area contributed by atoms with Crippen molar-refractivity contribution in [1.29, 1.82) is 0 Å². The van der Waals surface area contributed by atoms with Gasteiger partial charge in [0.1, 0.15) is 6.10 Å². The molecular formula is C34H54N2O4. The van der Waals surface area contributed by atoms with E-state index < -0.39 is 11.3 Å². The summed E-state index contributed by atoms with van der Waals surface area (Å²) in [5.74, 6) is 1.60. The molecule has 0 aromatic heterocycles. The molecule has 5 aliphatic rings. The van der Waals surface area contributed by atoms with Crippen LogP contribution in [-0.2, 0) is 19.1 Å². The molecule has 0 aliphatic heterocycles. The van der Waals surface area contributed by atoms with E-state index in [1.165, 1.54) is 12.0 Å². The lowest BCUT2D eigenvalue weighted by Gasteiger charge is -2.71. The summed E-state index contributed by atoms with van der Waals surface area (Å²) in [7, 11) is 0. The minimum Gasteiger partial charge on any atom is -0.462 e. The van der Waals surface area contributed by atoms with Gasteiger partial charge in [-0.15, -0.1) is 0 Å². The average Bonchev–Trinajstić information content (AvgIpc) is 2.86. The van der Waals surface area contributed by atoms with Gasteiger partial charge < -0.3 is 15.8 Å². The molecule has 6 heteroatoms. The molecule has 0 aromatic carbocycles. The number of nitrogens with one attached hydrogen (secondary N) is 1. The predicted octanol–water partition coefficient (Wildman–Crippen LogP) is 6.18. The van der Waals surface area contributed by atoms with Crippen molar-refractivity contribution < 1.29 is 19.1 Å². The third-order valence-corrected chi connectivity index (χ3v) is 14.1. The van der Waals surface area contributed by atoms with E-state index in [1.807, 2.05) is 0 Å². The lowest BCUT2D eigenvalue weighted by Crippen LogP contribution is -2.66. The van der Waals surface area contributed by atoms with Crippen LogP contribution in [0, 0.1) is 56.7 Å². The third kappa shape index (κ3) is 3.96. The maximum Gasteiger partial charge on any atom is 0.302 e. The number of nitrogens with two attached hydrogens (primary N) is 1. The fourth-order valence-electron chi connectivity index (χ4n) is 11.6. The van der Waals surface area contributed by atoms with Gasteiger partial charge in [-0.05, 0) is 104 Å². The van der Waals surface area contributed by atoms with Gasteiger partial charge in [0, 0.05) is 12.3 Å². The van der Waals surface area contributed by atoms with Crippen molar-refractivity contribution in [2.24, 2.45) is 62.4 Å². The van der Waals surface area contributed by atoms with Gasteiger partial charge in [0.05, 0.1) is 12.0 Å². The number of ether oxygens (including phenoxy) is 1. The van der Waals surface area contributed by atoms with Crippen LogP contribution in [0.1, 0.15) is 113 Å². The van der Waals surface area contributed by atoms with Crippen molar-refractivity contribution >= 4 is 17.8 Å². The molecule has 40 heavy (non-hydrogen) atoms. The Kier molecular flexibility index (Phi) is 7.11. The minimum atomic E-state index is -0.484. The number of carbonyl (C=O) groups is 3. The number of esters is 1. The van der Waals surface area contributed by atoms with Gasteiger partial charge in [0.2, 0.25) is 11.8 Å². The first-order valence-electron chi connectivity index (χ1n) is 16.0. The van der Waals surface area contributed by atoms with E-state index in [1.54, 1.807) is 6.92 Å². The second-order valence-electron chi connectivity index (χ2n) is 15.9. The van der Waals surface area contributed by atoms with Crippen molar-refractivity contribution in [2.45, 2.75) is 119 Å². The lowest BCUT2D eigenvalue weighted by atomic mass is 9.33. The minimum absolute atomic E-state index is 0.0171. The molecule has 0 radical (unpaired) electrons. The summed E-state index contributed by atoms with van der Waals surface area (Å²) < 4.78 is 5.90. The van der Waals surface area contributed by atoms with E-state index in [9.17, 15) is 14.4 Å². The van der Waals surface area contributed by atoms with Crippen LogP contribution < -0.4 is 11.1 Å². The van der Waals surface area contributed by atoms with E-state index >= 15 is 0 Å². The summed E-state index contributed by atoms with van der Waals surface area (Å²) >= 11 is 0. The molecule has 6 nitrogen and oxygen atoms in total. The lowest BCUT2D eigenvalue weighted by molar-refractivity contribution is -0.212. The maximum absolute atomic E-state index is 13.9. The number of rotatable bonds is 4. The SMILES string of the molecule is CC(=O)O[C@H]1CC[C@]2(C)[C@H]3CC=C4[C@@H]5[C@@H](C)[C@H](C)CC[C@]5(C(=O)NCC(N)=O)CC[C@@]4(C)[C@]3(C)CC[C@H]2C1(C)C.